The van der Waals surface area contributed by atoms with Crippen LogP contribution in [0.4, 0.5) is 10.5 Å². The van der Waals surface area contributed by atoms with Gasteiger partial charge in [0.2, 0.25) is 0 Å². The standard InChI is InChI=1S/C23H31ClN4O2.2ClH/c1-2-30-22-10-8-21(9-11-22)26-23(29)25-12-3-13-27-14-16-28(17-15-27)18-19-4-6-20(24)7-5-19;;/h4-11H,2-3,12-18H2,1H3,(H2,25,26,29);2*1H. The van der Waals surface area contributed by atoms with Gasteiger partial charge in [-0.2, -0.15) is 0 Å². The third-order valence-electron chi connectivity index (χ3n) is 5.14. The van der Waals surface area contributed by atoms with Gasteiger partial charge in [-0.1, -0.05) is 23.7 Å². The largest absolute Gasteiger partial charge is 0.494 e. The maximum atomic E-state index is 12.0. The lowest BCUT2D eigenvalue weighted by Crippen LogP contribution is -2.46. The minimum absolute atomic E-state index is 0. The second-order valence-electron chi connectivity index (χ2n) is 7.44. The maximum Gasteiger partial charge on any atom is 0.319 e. The van der Waals surface area contributed by atoms with Crippen LogP contribution in [-0.2, 0) is 6.54 Å². The summed E-state index contributed by atoms with van der Waals surface area (Å²) in [5, 5.41) is 6.56. The quantitative estimate of drug-likeness (QED) is 0.477. The number of halogens is 3. The van der Waals surface area contributed by atoms with Crippen LogP contribution in [0.25, 0.3) is 0 Å². The molecular weight excluding hydrogens is 471 g/mol. The number of urea groups is 1. The molecule has 1 aliphatic rings. The van der Waals surface area contributed by atoms with Gasteiger partial charge in [-0.15, -0.1) is 24.8 Å². The molecule has 0 spiro atoms. The minimum Gasteiger partial charge on any atom is -0.494 e. The molecule has 0 saturated carbocycles. The number of rotatable bonds is 9. The van der Waals surface area contributed by atoms with Crippen LogP contribution in [0, 0.1) is 0 Å². The molecule has 178 valence electrons. The van der Waals surface area contributed by atoms with E-state index in [-0.39, 0.29) is 30.8 Å². The van der Waals surface area contributed by atoms with Crippen molar-refractivity contribution >= 4 is 48.1 Å². The minimum atomic E-state index is -0.174. The summed E-state index contributed by atoms with van der Waals surface area (Å²) in [6, 6.07) is 15.3. The van der Waals surface area contributed by atoms with Gasteiger partial charge < -0.3 is 20.3 Å². The fourth-order valence-electron chi connectivity index (χ4n) is 3.50. The summed E-state index contributed by atoms with van der Waals surface area (Å²) in [5.74, 6) is 0.803. The van der Waals surface area contributed by atoms with Crippen molar-refractivity contribution in [3.05, 3.63) is 59.1 Å². The molecule has 1 heterocycles. The molecule has 9 heteroatoms. The summed E-state index contributed by atoms with van der Waals surface area (Å²) in [7, 11) is 0. The number of carbonyl (C=O) groups excluding carboxylic acids is 1. The van der Waals surface area contributed by atoms with E-state index in [1.165, 1.54) is 5.56 Å². The Kier molecular flexibility index (Phi) is 13.5. The normalized spacial score (nSPS) is 14.1. The molecule has 32 heavy (non-hydrogen) atoms. The highest BCUT2D eigenvalue weighted by molar-refractivity contribution is 6.30. The van der Waals surface area contributed by atoms with Crippen molar-refractivity contribution in [2.24, 2.45) is 0 Å². The Hall–Kier alpha value is -1.70. The van der Waals surface area contributed by atoms with E-state index in [0.29, 0.717) is 13.2 Å². The van der Waals surface area contributed by atoms with E-state index in [1.807, 2.05) is 43.3 Å². The fraction of sp³-hybridized carbons (Fsp3) is 0.435. The average Bonchev–Trinajstić information content (AvgIpc) is 2.76. The Bertz CT molecular complexity index is 783. The fourth-order valence-corrected chi connectivity index (χ4v) is 3.63. The van der Waals surface area contributed by atoms with Gasteiger partial charge in [-0.25, -0.2) is 4.79 Å². The number of nitrogens with one attached hydrogen (secondary N) is 2. The Morgan fingerprint density at radius 3 is 2.22 bits per heavy atom. The number of hydrogen-bond donors (Lipinski definition) is 2. The summed E-state index contributed by atoms with van der Waals surface area (Å²) in [5.41, 5.74) is 2.06. The molecule has 1 fully saturated rings. The van der Waals surface area contributed by atoms with Gasteiger partial charge in [0.1, 0.15) is 5.75 Å². The Balaban J connectivity index is 0.00000256. The molecule has 2 aromatic rings. The summed E-state index contributed by atoms with van der Waals surface area (Å²) in [6.07, 6.45) is 0.938. The highest BCUT2D eigenvalue weighted by Gasteiger charge is 2.16. The topological polar surface area (TPSA) is 56.8 Å². The van der Waals surface area contributed by atoms with E-state index in [9.17, 15) is 4.79 Å². The van der Waals surface area contributed by atoms with Crippen molar-refractivity contribution in [3.8, 4) is 5.75 Å². The van der Waals surface area contributed by atoms with E-state index in [2.05, 4.69) is 32.6 Å². The highest BCUT2D eigenvalue weighted by atomic mass is 35.5. The predicted octanol–water partition coefficient (Wildman–Crippen LogP) is 4.91. The van der Waals surface area contributed by atoms with Crippen LogP contribution >= 0.6 is 36.4 Å². The Morgan fingerprint density at radius 2 is 1.59 bits per heavy atom. The first-order chi connectivity index (χ1) is 14.6. The van der Waals surface area contributed by atoms with Crippen LogP contribution in [0.2, 0.25) is 5.02 Å². The SMILES string of the molecule is CCOc1ccc(NC(=O)NCCCN2CCN(Cc3ccc(Cl)cc3)CC2)cc1.Cl.Cl. The van der Waals surface area contributed by atoms with Gasteiger partial charge in [0.05, 0.1) is 6.61 Å². The summed E-state index contributed by atoms with van der Waals surface area (Å²) in [6.45, 7) is 9.45. The summed E-state index contributed by atoms with van der Waals surface area (Å²) >= 11 is 5.96. The first-order valence-corrected chi connectivity index (χ1v) is 11.0. The van der Waals surface area contributed by atoms with Crippen molar-refractivity contribution in [1.29, 1.82) is 0 Å². The van der Waals surface area contributed by atoms with Crippen LogP contribution < -0.4 is 15.4 Å². The van der Waals surface area contributed by atoms with Gasteiger partial charge in [-0.3, -0.25) is 4.90 Å². The molecule has 1 saturated heterocycles. The zero-order chi connectivity index (χ0) is 21.2. The molecule has 0 aromatic heterocycles. The van der Waals surface area contributed by atoms with E-state index in [4.69, 9.17) is 16.3 Å². The number of piperazine rings is 1. The second kappa shape index (κ2) is 15.2. The Morgan fingerprint density at radius 1 is 0.969 bits per heavy atom. The van der Waals surface area contributed by atoms with E-state index >= 15 is 0 Å². The van der Waals surface area contributed by atoms with Crippen LogP contribution in [0.5, 0.6) is 5.75 Å². The number of anilines is 1. The maximum absolute atomic E-state index is 12.0. The number of benzene rings is 2. The van der Waals surface area contributed by atoms with Gasteiger partial charge in [0, 0.05) is 50.0 Å². The zero-order valence-corrected chi connectivity index (χ0v) is 20.8. The predicted molar refractivity (Wildman–Crippen MR) is 137 cm³/mol. The van der Waals surface area contributed by atoms with Crippen LogP contribution in [-0.4, -0.2) is 61.7 Å². The van der Waals surface area contributed by atoms with E-state index < -0.39 is 0 Å². The molecular formula is C23H33Cl3N4O2. The first-order valence-electron chi connectivity index (χ1n) is 10.6. The van der Waals surface area contributed by atoms with Crippen molar-refractivity contribution in [2.75, 3.05) is 51.2 Å². The molecule has 2 amide bonds. The lowest BCUT2D eigenvalue weighted by atomic mass is 10.2. The number of nitrogens with zero attached hydrogens (tertiary/aromatic N) is 2. The van der Waals surface area contributed by atoms with E-state index in [0.717, 1.165) is 62.1 Å². The van der Waals surface area contributed by atoms with Crippen molar-refractivity contribution in [3.63, 3.8) is 0 Å². The number of hydrogen-bond acceptors (Lipinski definition) is 4. The molecule has 0 atom stereocenters. The van der Waals surface area contributed by atoms with Gasteiger partial charge >= 0.3 is 6.03 Å². The molecule has 0 aliphatic carbocycles. The highest BCUT2D eigenvalue weighted by Crippen LogP contribution is 2.15. The molecule has 3 rings (SSSR count). The van der Waals surface area contributed by atoms with Crippen LogP contribution in [0.1, 0.15) is 18.9 Å². The lowest BCUT2D eigenvalue weighted by molar-refractivity contribution is 0.126. The molecule has 2 aromatic carbocycles. The first kappa shape index (κ1) is 28.3. The lowest BCUT2D eigenvalue weighted by Gasteiger charge is -2.34. The molecule has 2 N–H and O–H groups in total. The van der Waals surface area contributed by atoms with E-state index in [1.54, 1.807) is 0 Å². The number of ether oxygens (including phenoxy) is 1. The number of amides is 2. The summed E-state index contributed by atoms with van der Waals surface area (Å²) < 4.78 is 5.40. The number of carbonyl (C=O) groups is 1. The molecule has 0 unspecified atom stereocenters. The third kappa shape index (κ3) is 9.84. The molecule has 6 nitrogen and oxygen atoms in total. The van der Waals surface area contributed by atoms with Crippen LogP contribution in [0.3, 0.4) is 0 Å². The van der Waals surface area contributed by atoms with Gasteiger partial charge in [0.25, 0.3) is 0 Å². The Labute approximate surface area is 208 Å². The molecule has 0 radical (unpaired) electrons. The van der Waals surface area contributed by atoms with Crippen molar-refractivity contribution < 1.29 is 9.53 Å². The molecule has 1 aliphatic heterocycles. The van der Waals surface area contributed by atoms with Crippen LogP contribution in [0.15, 0.2) is 48.5 Å². The van der Waals surface area contributed by atoms with Crippen molar-refractivity contribution in [2.45, 2.75) is 19.9 Å². The monoisotopic (exact) mass is 502 g/mol. The summed E-state index contributed by atoms with van der Waals surface area (Å²) in [4.78, 5) is 17.0. The molecule has 0 bridgehead atoms. The average molecular weight is 504 g/mol. The third-order valence-corrected chi connectivity index (χ3v) is 5.40. The van der Waals surface area contributed by atoms with Gasteiger partial charge in [0.15, 0.2) is 0 Å². The van der Waals surface area contributed by atoms with Gasteiger partial charge in [-0.05, 0) is 61.9 Å². The van der Waals surface area contributed by atoms with Crippen molar-refractivity contribution in [1.82, 2.24) is 15.1 Å². The second-order valence-corrected chi connectivity index (χ2v) is 7.87. The smallest absolute Gasteiger partial charge is 0.319 e. The zero-order valence-electron chi connectivity index (χ0n) is 18.4.